The third kappa shape index (κ3) is 5.95. The highest BCUT2D eigenvalue weighted by Crippen LogP contribution is 2.52. The predicted octanol–water partition coefficient (Wildman–Crippen LogP) is 18.0. The van der Waals surface area contributed by atoms with Crippen LogP contribution in [0, 0.1) is 0 Å². The minimum atomic E-state index is 0.837. The maximum atomic E-state index is 7.12. The van der Waals surface area contributed by atoms with Crippen molar-refractivity contribution in [2.45, 2.75) is 0 Å². The Kier molecular flexibility index (Phi) is 8.40. The summed E-state index contributed by atoms with van der Waals surface area (Å²) in [4.78, 5) is 2.45. The van der Waals surface area contributed by atoms with Crippen molar-refractivity contribution in [2.24, 2.45) is 0 Å². The smallest absolute Gasteiger partial charge is 0.145 e. The van der Waals surface area contributed by atoms with Crippen molar-refractivity contribution in [1.29, 1.82) is 0 Å². The van der Waals surface area contributed by atoms with Gasteiger partial charge in [0.15, 0.2) is 0 Å². The molecule has 0 bridgehead atoms. The van der Waals surface area contributed by atoms with Crippen LogP contribution in [-0.4, -0.2) is 0 Å². The van der Waals surface area contributed by atoms with E-state index >= 15 is 0 Å². The Morgan fingerprint density at radius 3 is 1.59 bits per heavy atom. The summed E-state index contributed by atoms with van der Waals surface area (Å²) in [7, 11) is 0. The number of benzene rings is 10. The number of furan rings is 2. The molecule has 0 aliphatic heterocycles. The minimum Gasteiger partial charge on any atom is -0.456 e. The van der Waals surface area contributed by atoms with Gasteiger partial charge in [0.25, 0.3) is 0 Å². The standard InChI is InChI=1S/C60H37NO2S/c1-5-15-38(16-6-1)42-25-28-49-54(34-42)63-60-46(41-21-11-4-12-22-41)31-32-51(59(49)60)61(45-27-30-48-47-23-13-14-24-53(47)62-55(48)37-45)52-33-44(40-19-9-3-10-20-40)36-57-58(52)50-29-26-43(35-56(50)64-57)39-17-7-2-8-18-39/h1-37H. The van der Waals surface area contributed by atoms with Gasteiger partial charge in [0, 0.05) is 53.6 Å². The van der Waals surface area contributed by atoms with Crippen LogP contribution >= 0.6 is 11.3 Å². The molecule has 64 heavy (non-hydrogen) atoms. The zero-order valence-corrected chi connectivity index (χ0v) is 35.4. The Hall–Kier alpha value is -8.18. The van der Waals surface area contributed by atoms with Crippen molar-refractivity contribution in [1.82, 2.24) is 0 Å². The maximum absolute atomic E-state index is 7.12. The summed E-state index contributed by atoms with van der Waals surface area (Å²) in [6.45, 7) is 0. The minimum absolute atomic E-state index is 0.837. The molecule has 0 fully saturated rings. The van der Waals surface area contributed by atoms with Gasteiger partial charge in [0.1, 0.15) is 22.3 Å². The Balaban J connectivity index is 1.15. The summed E-state index contributed by atoms with van der Waals surface area (Å²) in [5.74, 6) is 0. The molecule has 300 valence electrons. The lowest BCUT2D eigenvalue weighted by Gasteiger charge is -2.28. The molecule has 0 spiro atoms. The van der Waals surface area contributed by atoms with Gasteiger partial charge in [-0.15, -0.1) is 11.3 Å². The molecule has 3 aromatic heterocycles. The van der Waals surface area contributed by atoms with E-state index < -0.39 is 0 Å². The van der Waals surface area contributed by atoms with Crippen LogP contribution in [0.4, 0.5) is 17.1 Å². The van der Waals surface area contributed by atoms with E-state index in [1.54, 1.807) is 0 Å². The summed E-state index contributed by atoms with van der Waals surface area (Å²) in [6.07, 6.45) is 0. The van der Waals surface area contributed by atoms with Crippen LogP contribution in [0.1, 0.15) is 0 Å². The van der Waals surface area contributed by atoms with Gasteiger partial charge in [-0.25, -0.2) is 0 Å². The van der Waals surface area contributed by atoms with E-state index in [2.05, 4.69) is 217 Å². The molecule has 0 aliphatic rings. The second-order valence-electron chi connectivity index (χ2n) is 16.4. The molecule has 0 saturated carbocycles. The van der Waals surface area contributed by atoms with E-state index in [1.807, 2.05) is 23.5 Å². The van der Waals surface area contributed by atoms with Crippen LogP contribution in [0.15, 0.2) is 233 Å². The number of fused-ring (bicyclic) bond motifs is 9. The number of hydrogen-bond acceptors (Lipinski definition) is 4. The first-order chi connectivity index (χ1) is 31.7. The fourth-order valence-corrected chi connectivity index (χ4v) is 10.8. The van der Waals surface area contributed by atoms with E-state index in [4.69, 9.17) is 8.83 Å². The van der Waals surface area contributed by atoms with Crippen molar-refractivity contribution in [3.8, 4) is 44.5 Å². The Bertz CT molecular complexity index is 3890. The molecule has 0 amide bonds. The molecule has 13 rings (SSSR count). The molecule has 0 aliphatic carbocycles. The first-order valence-electron chi connectivity index (χ1n) is 21.6. The van der Waals surface area contributed by atoms with Crippen LogP contribution < -0.4 is 4.90 Å². The number of para-hydroxylation sites is 1. The van der Waals surface area contributed by atoms with Crippen molar-refractivity contribution in [2.75, 3.05) is 4.90 Å². The summed E-state index contributed by atoms with van der Waals surface area (Å²) in [6, 6.07) is 80.4. The molecule has 10 aromatic carbocycles. The molecule has 0 unspecified atom stereocenters. The number of thiophene rings is 1. The molecule has 0 atom stereocenters. The van der Waals surface area contributed by atoms with Crippen molar-refractivity contribution in [3.63, 3.8) is 0 Å². The Labute approximate surface area is 373 Å². The molecule has 0 radical (unpaired) electrons. The fourth-order valence-electron chi connectivity index (χ4n) is 9.63. The van der Waals surface area contributed by atoms with Gasteiger partial charge in [-0.05, 0) is 99.6 Å². The quantitative estimate of drug-likeness (QED) is 0.160. The molecular formula is C60H37NO2S. The van der Waals surface area contributed by atoms with Gasteiger partial charge < -0.3 is 13.7 Å². The van der Waals surface area contributed by atoms with E-state index in [0.29, 0.717) is 0 Å². The van der Waals surface area contributed by atoms with Crippen LogP contribution in [-0.2, 0) is 0 Å². The zero-order valence-electron chi connectivity index (χ0n) is 34.5. The number of hydrogen-bond donors (Lipinski definition) is 0. The van der Waals surface area contributed by atoms with Gasteiger partial charge in [-0.3, -0.25) is 0 Å². The highest BCUT2D eigenvalue weighted by molar-refractivity contribution is 7.26. The molecule has 3 heterocycles. The van der Waals surface area contributed by atoms with Crippen LogP contribution in [0.25, 0.3) is 109 Å². The van der Waals surface area contributed by atoms with Crippen LogP contribution in [0.5, 0.6) is 0 Å². The monoisotopic (exact) mass is 835 g/mol. The SMILES string of the molecule is c1ccc(-c2ccc3c(c2)oc2c(-c4ccccc4)ccc(N(c4ccc5c(c4)oc4ccccc45)c4cc(-c5ccccc5)cc5sc6cc(-c7ccccc7)ccc6c45)c23)cc1. The van der Waals surface area contributed by atoms with Gasteiger partial charge in [-0.1, -0.05) is 158 Å². The van der Waals surface area contributed by atoms with Crippen LogP contribution in [0.2, 0.25) is 0 Å². The van der Waals surface area contributed by atoms with E-state index in [0.717, 1.165) is 94.3 Å². The van der Waals surface area contributed by atoms with E-state index in [9.17, 15) is 0 Å². The molecule has 0 N–H and O–H groups in total. The van der Waals surface area contributed by atoms with Crippen LogP contribution in [0.3, 0.4) is 0 Å². The third-order valence-electron chi connectivity index (χ3n) is 12.7. The van der Waals surface area contributed by atoms with Crippen molar-refractivity contribution in [3.05, 3.63) is 224 Å². The third-order valence-corrected chi connectivity index (χ3v) is 13.8. The highest BCUT2D eigenvalue weighted by atomic mass is 32.1. The number of anilines is 3. The Morgan fingerprint density at radius 1 is 0.312 bits per heavy atom. The lowest BCUT2D eigenvalue weighted by atomic mass is 9.97. The summed E-state index contributed by atoms with van der Waals surface area (Å²) in [5.41, 5.74) is 15.6. The topological polar surface area (TPSA) is 29.5 Å². The normalized spacial score (nSPS) is 11.8. The second kappa shape index (κ2) is 14.7. The van der Waals surface area contributed by atoms with Gasteiger partial charge >= 0.3 is 0 Å². The lowest BCUT2D eigenvalue weighted by molar-refractivity contribution is 0.669. The maximum Gasteiger partial charge on any atom is 0.145 e. The zero-order chi connectivity index (χ0) is 42.1. The largest absolute Gasteiger partial charge is 0.456 e. The summed E-state index contributed by atoms with van der Waals surface area (Å²) < 4.78 is 16.2. The van der Waals surface area contributed by atoms with Crippen molar-refractivity contribution >= 4 is 92.4 Å². The number of rotatable bonds is 7. The first kappa shape index (κ1) is 36.5. The molecule has 3 nitrogen and oxygen atoms in total. The van der Waals surface area contributed by atoms with Crippen molar-refractivity contribution < 1.29 is 8.83 Å². The number of nitrogens with zero attached hydrogens (tertiary/aromatic N) is 1. The molecule has 13 aromatic rings. The average Bonchev–Trinajstić information content (AvgIpc) is 4.06. The van der Waals surface area contributed by atoms with E-state index in [-0.39, 0.29) is 0 Å². The first-order valence-corrected chi connectivity index (χ1v) is 22.5. The highest BCUT2D eigenvalue weighted by Gasteiger charge is 2.26. The average molecular weight is 836 g/mol. The molecule has 0 saturated heterocycles. The molecule has 4 heteroatoms. The summed E-state index contributed by atoms with van der Waals surface area (Å²) in [5, 5.41) is 6.70. The predicted molar refractivity (Wildman–Crippen MR) is 270 cm³/mol. The van der Waals surface area contributed by atoms with Gasteiger partial charge in [0.05, 0.1) is 16.8 Å². The van der Waals surface area contributed by atoms with Gasteiger partial charge in [-0.2, -0.15) is 0 Å². The molecular weight excluding hydrogens is 799 g/mol. The second-order valence-corrected chi connectivity index (χ2v) is 17.5. The summed E-state index contributed by atoms with van der Waals surface area (Å²) >= 11 is 1.85. The van der Waals surface area contributed by atoms with Gasteiger partial charge in [0.2, 0.25) is 0 Å². The fraction of sp³-hybridized carbons (Fsp3) is 0. The Morgan fingerprint density at radius 2 is 0.875 bits per heavy atom. The van der Waals surface area contributed by atoms with E-state index in [1.165, 1.54) is 31.3 Å². The lowest BCUT2D eigenvalue weighted by Crippen LogP contribution is -2.11.